The summed E-state index contributed by atoms with van der Waals surface area (Å²) in [5.41, 5.74) is 0. The number of aliphatic hydroxyl groups is 1. The number of ether oxygens (including phenoxy) is 3. The largest absolute Gasteiger partial charge is 0.472 e. The van der Waals surface area contributed by atoms with Gasteiger partial charge in [0.2, 0.25) is 0 Å². The summed E-state index contributed by atoms with van der Waals surface area (Å²) in [6.45, 7) is 4.55. The fourth-order valence-corrected chi connectivity index (χ4v) is 7.81. The van der Waals surface area contributed by atoms with Crippen LogP contribution < -0.4 is 0 Å². The Morgan fingerprint density at radius 1 is 0.438 bits per heavy atom. The van der Waals surface area contributed by atoms with Crippen LogP contribution in [0.15, 0.2) is 36.5 Å². The molecule has 0 heterocycles. The highest BCUT2D eigenvalue weighted by molar-refractivity contribution is 7.47. The number of phosphoric ester groups is 1. The summed E-state index contributed by atoms with van der Waals surface area (Å²) in [5.74, 6) is -1.48. The number of allylic oxidation sites excluding steroid dienone is 6. The van der Waals surface area contributed by atoms with Crippen LogP contribution in [0.1, 0.15) is 239 Å². The van der Waals surface area contributed by atoms with Gasteiger partial charge >= 0.3 is 25.7 Å². The Labute approximate surface area is 390 Å². The summed E-state index contributed by atoms with van der Waals surface area (Å²) in [6.07, 6.45) is 45.4. The van der Waals surface area contributed by atoms with Crippen molar-refractivity contribution in [2.45, 2.75) is 251 Å². The summed E-state index contributed by atoms with van der Waals surface area (Å²) in [7, 11) is -4.74. The third-order valence-corrected chi connectivity index (χ3v) is 12.0. The fourth-order valence-electron chi connectivity index (χ4n) is 7.03. The summed E-state index contributed by atoms with van der Waals surface area (Å²) in [5, 5.41) is 9.76. The molecule has 3 unspecified atom stereocenters. The number of hydrogen-bond acceptors (Lipinski definition) is 10. The first kappa shape index (κ1) is 61.7. The zero-order chi connectivity index (χ0) is 47.0. The van der Waals surface area contributed by atoms with E-state index in [1.165, 1.54) is 77.0 Å². The summed E-state index contributed by atoms with van der Waals surface area (Å²) in [6, 6.07) is 0. The maximum Gasteiger partial charge on any atom is 0.472 e. The first-order valence-corrected chi connectivity index (χ1v) is 27.4. The normalized spacial score (nSPS) is 13.8. The lowest BCUT2D eigenvalue weighted by Crippen LogP contribution is -2.30. The van der Waals surface area contributed by atoms with Gasteiger partial charge in [0.25, 0.3) is 0 Å². The van der Waals surface area contributed by atoms with E-state index in [0.29, 0.717) is 19.3 Å². The van der Waals surface area contributed by atoms with Crippen LogP contribution in [0.4, 0.5) is 0 Å². The van der Waals surface area contributed by atoms with E-state index < -0.39 is 57.8 Å². The molecule has 374 valence electrons. The van der Waals surface area contributed by atoms with E-state index in [9.17, 15) is 28.9 Å². The minimum absolute atomic E-state index is 0.154. The molecule has 12 heteroatoms. The van der Waals surface area contributed by atoms with Gasteiger partial charge in [0, 0.05) is 19.3 Å². The zero-order valence-electron chi connectivity index (χ0n) is 41.0. The van der Waals surface area contributed by atoms with Crippen molar-refractivity contribution < 1.29 is 52.2 Å². The molecule has 0 rings (SSSR count). The average Bonchev–Trinajstić information content (AvgIpc) is 3.28. The minimum Gasteiger partial charge on any atom is -0.462 e. The topological polar surface area (TPSA) is 155 Å². The van der Waals surface area contributed by atoms with Gasteiger partial charge in [-0.15, -0.1) is 0 Å². The second-order valence-corrected chi connectivity index (χ2v) is 18.8. The van der Waals surface area contributed by atoms with E-state index in [0.717, 1.165) is 103 Å². The monoisotopic (exact) mass is 927 g/mol. The van der Waals surface area contributed by atoms with Crippen molar-refractivity contribution in [1.82, 2.24) is 0 Å². The molecule has 0 aromatic carbocycles. The molecule has 11 nitrogen and oxygen atoms in total. The van der Waals surface area contributed by atoms with Crippen LogP contribution in [-0.2, 0) is 42.2 Å². The van der Waals surface area contributed by atoms with Crippen molar-refractivity contribution >= 4 is 25.7 Å². The SMILES string of the molecule is CCCCC/C=C\C/C=C\CCCCCCCC(=O)OC(COC(=O)CCCCCCCCCCC)COP(=O)(O)OCC(CO)OC(=O)CCCCCCC/C=C\CCCCCC. The lowest BCUT2D eigenvalue weighted by atomic mass is 10.1. The maximum absolute atomic E-state index is 12.8. The minimum atomic E-state index is -4.74. The predicted molar refractivity (Wildman–Crippen MR) is 261 cm³/mol. The first-order chi connectivity index (χ1) is 31.2. The number of aliphatic hydroxyl groups excluding tert-OH is 1. The van der Waals surface area contributed by atoms with Crippen LogP contribution in [0.3, 0.4) is 0 Å². The number of phosphoric acid groups is 1. The van der Waals surface area contributed by atoms with Crippen LogP contribution in [0.5, 0.6) is 0 Å². The summed E-state index contributed by atoms with van der Waals surface area (Å²) < 4.78 is 39.3. The van der Waals surface area contributed by atoms with Crippen LogP contribution in [0, 0.1) is 0 Å². The molecule has 0 saturated heterocycles. The van der Waals surface area contributed by atoms with E-state index in [2.05, 4.69) is 57.2 Å². The first-order valence-electron chi connectivity index (χ1n) is 25.9. The molecule has 0 fully saturated rings. The highest BCUT2D eigenvalue weighted by Gasteiger charge is 2.28. The molecule has 0 aliphatic heterocycles. The van der Waals surface area contributed by atoms with Crippen LogP contribution in [0.25, 0.3) is 0 Å². The van der Waals surface area contributed by atoms with Crippen molar-refractivity contribution in [3.63, 3.8) is 0 Å². The Kier molecular flexibility index (Phi) is 45.5. The van der Waals surface area contributed by atoms with Crippen LogP contribution >= 0.6 is 7.82 Å². The molecule has 3 atom stereocenters. The average molecular weight is 927 g/mol. The Morgan fingerprint density at radius 2 is 0.766 bits per heavy atom. The van der Waals surface area contributed by atoms with Gasteiger partial charge in [-0.3, -0.25) is 23.4 Å². The Balaban J connectivity index is 4.71. The van der Waals surface area contributed by atoms with Gasteiger partial charge in [-0.05, 0) is 77.0 Å². The Hall–Kier alpha value is -2.30. The van der Waals surface area contributed by atoms with Crippen LogP contribution in [-0.4, -0.2) is 66.5 Å². The molecule has 2 N–H and O–H groups in total. The number of rotatable bonds is 48. The van der Waals surface area contributed by atoms with Gasteiger partial charge in [-0.25, -0.2) is 4.57 Å². The molecular weight excluding hydrogens is 832 g/mol. The van der Waals surface area contributed by atoms with E-state index in [1.54, 1.807) is 0 Å². The highest BCUT2D eigenvalue weighted by Crippen LogP contribution is 2.43. The molecule has 0 radical (unpaired) electrons. The van der Waals surface area contributed by atoms with Crippen LogP contribution in [0.2, 0.25) is 0 Å². The molecule has 64 heavy (non-hydrogen) atoms. The Bertz CT molecular complexity index is 1220. The van der Waals surface area contributed by atoms with Crippen molar-refractivity contribution in [1.29, 1.82) is 0 Å². The summed E-state index contributed by atoms with van der Waals surface area (Å²) >= 11 is 0. The molecular formula is C52H95O11P. The van der Waals surface area contributed by atoms with Crippen molar-refractivity contribution in [2.24, 2.45) is 0 Å². The number of carbonyl (C=O) groups excluding carboxylic acids is 3. The molecule has 0 spiro atoms. The second kappa shape index (κ2) is 47.2. The lowest BCUT2D eigenvalue weighted by Gasteiger charge is -2.21. The molecule has 0 bridgehead atoms. The second-order valence-electron chi connectivity index (χ2n) is 17.3. The third kappa shape index (κ3) is 44.9. The molecule has 0 aromatic heterocycles. The van der Waals surface area contributed by atoms with Gasteiger partial charge in [-0.1, -0.05) is 179 Å². The van der Waals surface area contributed by atoms with Gasteiger partial charge < -0.3 is 24.2 Å². The maximum atomic E-state index is 12.8. The van der Waals surface area contributed by atoms with Gasteiger partial charge in [0.05, 0.1) is 19.8 Å². The zero-order valence-corrected chi connectivity index (χ0v) is 41.9. The standard InChI is InChI=1S/C52H95O11P/c1-4-7-10-13-16-19-21-23-24-26-28-31-34-37-40-43-52(56)63-49(45-59-50(54)41-38-35-32-29-18-15-12-9-6-3)47-61-64(57,58)60-46-48(44-53)62-51(55)42-39-36-33-30-27-25-22-20-17-14-11-8-5-2/h16,19-20,22-24,48-49,53H,4-15,17-18,21,25-47H2,1-3H3,(H,57,58)/b19-16-,22-20-,24-23-. The number of hydrogen-bond donors (Lipinski definition) is 2. The molecule has 0 saturated carbocycles. The number of carbonyl (C=O) groups is 3. The van der Waals surface area contributed by atoms with Crippen molar-refractivity contribution in [3.05, 3.63) is 36.5 Å². The third-order valence-electron chi connectivity index (χ3n) is 11.0. The predicted octanol–water partition coefficient (Wildman–Crippen LogP) is 14.5. The quantitative estimate of drug-likeness (QED) is 0.0197. The number of esters is 3. The van der Waals surface area contributed by atoms with E-state index in [4.69, 9.17) is 23.3 Å². The highest BCUT2D eigenvalue weighted by atomic mass is 31.2. The van der Waals surface area contributed by atoms with Crippen molar-refractivity contribution in [3.8, 4) is 0 Å². The van der Waals surface area contributed by atoms with Gasteiger partial charge in [-0.2, -0.15) is 0 Å². The number of unbranched alkanes of at least 4 members (excludes halogenated alkanes) is 25. The van der Waals surface area contributed by atoms with E-state index in [-0.39, 0.29) is 25.9 Å². The molecule has 0 aromatic rings. The van der Waals surface area contributed by atoms with E-state index in [1.807, 2.05) is 0 Å². The molecule has 0 amide bonds. The summed E-state index contributed by atoms with van der Waals surface area (Å²) in [4.78, 5) is 48.2. The molecule has 0 aliphatic carbocycles. The molecule has 0 aliphatic rings. The smallest absolute Gasteiger partial charge is 0.462 e. The Morgan fingerprint density at radius 3 is 1.22 bits per heavy atom. The van der Waals surface area contributed by atoms with Gasteiger partial charge in [0.1, 0.15) is 12.7 Å². The van der Waals surface area contributed by atoms with Gasteiger partial charge in [0.15, 0.2) is 6.10 Å². The van der Waals surface area contributed by atoms with Crippen molar-refractivity contribution in [2.75, 3.05) is 26.4 Å². The lowest BCUT2D eigenvalue weighted by molar-refractivity contribution is -0.161. The fraction of sp³-hybridized carbons (Fsp3) is 0.827. The van der Waals surface area contributed by atoms with E-state index >= 15 is 0 Å².